The van der Waals surface area contributed by atoms with Gasteiger partial charge in [-0.1, -0.05) is 30.4 Å². The minimum Gasteiger partial charge on any atom is -0.291 e. The number of benzene rings is 1. The molecule has 0 saturated heterocycles. The van der Waals surface area contributed by atoms with Crippen molar-refractivity contribution in [3.63, 3.8) is 0 Å². The van der Waals surface area contributed by atoms with Crippen LogP contribution in [-0.4, -0.2) is 6.29 Å². The van der Waals surface area contributed by atoms with Crippen molar-refractivity contribution in [2.75, 3.05) is 0 Å². The van der Waals surface area contributed by atoms with Gasteiger partial charge in [0.2, 0.25) is 6.29 Å². The lowest BCUT2D eigenvalue weighted by atomic mass is 10.0. The van der Waals surface area contributed by atoms with E-state index in [0.29, 0.717) is 6.42 Å². The summed E-state index contributed by atoms with van der Waals surface area (Å²) in [5, 5.41) is 0. The van der Waals surface area contributed by atoms with Gasteiger partial charge < -0.3 is 0 Å². The predicted molar refractivity (Wildman–Crippen MR) is 55.3 cm³/mol. The normalized spacial score (nSPS) is 10.6. The minimum atomic E-state index is 0.369. The molecule has 0 N–H and O–H groups in total. The molecule has 0 unspecified atom stereocenters. The summed E-state index contributed by atoms with van der Waals surface area (Å²) in [6.07, 6.45) is 6.03. The Kier molecular flexibility index (Phi) is 3.44. The van der Waals surface area contributed by atoms with Crippen molar-refractivity contribution in [3.05, 3.63) is 41.0 Å². The molecule has 0 atom stereocenters. The van der Waals surface area contributed by atoms with Gasteiger partial charge in [0, 0.05) is 6.42 Å². The third-order valence-electron chi connectivity index (χ3n) is 2.03. The molecule has 1 rings (SSSR count). The van der Waals surface area contributed by atoms with Crippen molar-refractivity contribution in [2.24, 2.45) is 0 Å². The molecule has 1 aromatic carbocycles. The first-order chi connectivity index (χ1) is 6.25. The fraction of sp³-hybridized carbons (Fsp3) is 0.250. The Bertz CT molecular complexity index is 304. The number of allylic oxidation sites excluding steroid dienone is 1. The van der Waals surface area contributed by atoms with Crippen LogP contribution in [0.3, 0.4) is 0 Å². The Balaban J connectivity index is 2.92. The second-order valence-corrected chi connectivity index (χ2v) is 3.06. The van der Waals surface area contributed by atoms with Gasteiger partial charge in [-0.3, -0.25) is 4.79 Å². The summed E-state index contributed by atoms with van der Waals surface area (Å²) >= 11 is 0. The Morgan fingerprint density at radius 1 is 1.31 bits per heavy atom. The Morgan fingerprint density at radius 2 is 1.92 bits per heavy atom. The summed E-state index contributed by atoms with van der Waals surface area (Å²) in [6.45, 7) is 4.13. The van der Waals surface area contributed by atoms with Crippen LogP contribution in [0.1, 0.15) is 23.1 Å². The van der Waals surface area contributed by atoms with Crippen LogP contribution in [0.25, 0.3) is 6.08 Å². The highest BCUT2D eigenvalue weighted by atomic mass is 16.1. The van der Waals surface area contributed by atoms with Crippen LogP contribution in [0.15, 0.2) is 24.3 Å². The van der Waals surface area contributed by atoms with E-state index in [2.05, 4.69) is 26.0 Å². The van der Waals surface area contributed by atoms with E-state index in [9.17, 15) is 4.79 Å². The predicted octanol–water partition coefficient (Wildman–Crippen LogP) is 2.82. The molecule has 0 aromatic heterocycles. The Morgan fingerprint density at radius 3 is 2.46 bits per heavy atom. The van der Waals surface area contributed by atoms with E-state index in [0.717, 1.165) is 0 Å². The molecular weight excluding hydrogens is 160 g/mol. The van der Waals surface area contributed by atoms with Crippen molar-refractivity contribution in [1.82, 2.24) is 0 Å². The fourth-order valence-electron chi connectivity index (χ4n) is 1.32. The van der Waals surface area contributed by atoms with Gasteiger partial charge in [0.25, 0.3) is 0 Å². The minimum absolute atomic E-state index is 0.369. The standard InChI is InChI=1S/C12H13O/c1-10-6-5-7-11(2)12(10)8-3-4-9-13/h3,5-8H,4H2,1-2H3/b8-3+. The SMILES string of the molecule is Cc1cccc(C)c1/C=C/C[C]=O. The summed E-state index contributed by atoms with van der Waals surface area (Å²) < 4.78 is 0. The zero-order valence-electron chi connectivity index (χ0n) is 8.00. The zero-order valence-corrected chi connectivity index (χ0v) is 8.00. The molecule has 1 nitrogen and oxygen atoms in total. The maximum Gasteiger partial charge on any atom is 0.202 e. The highest BCUT2D eigenvalue weighted by molar-refractivity contribution is 5.61. The van der Waals surface area contributed by atoms with Crippen LogP contribution in [0.4, 0.5) is 0 Å². The number of carbonyl (C=O) groups excluding carboxylic acids is 1. The smallest absolute Gasteiger partial charge is 0.202 e. The first-order valence-corrected chi connectivity index (χ1v) is 4.33. The first-order valence-electron chi connectivity index (χ1n) is 4.33. The van der Waals surface area contributed by atoms with Gasteiger partial charge in [-0.05, 0) is 30.5 Å². The highest BCUT2D eigenvalue weighted by Gasteiger charge is 1.96. The van der Waals surface area contributed by atoms with Crippen LogP contribution in [-0.2, 0) is 4.79 Å². The van der Waals surface area contributed by atoms with Gasteiger partial charge in [-0.2, -0.15) is 0 Å². The molecule has 0 aliphatic rings. The Hall–Kier alpha value is -1.37. The van der Waals surface area contributed by atoms with Gasteiger partial charge in [0.15, 0.2) is 0 Å². The second-order valence-electron chi connectivity index (χ2n) is 3.06. The molecule has 0 aliphatic heterocycles. The molecule has 1 aromatic rings. The molecule has 0 amide bonds. The number of aryl methyl sites for hydroxylation is 2. The average Bonchev–Trinajstić information content (AvgIpc) is 2.10. The van der Waals surface area contributed by atoms with Gasteiger partial charge >= 0.3 is 0 Å². The summed E-state index contributed by atoms with van der Waals surface area (Å²) in [7, 11) is 0. The summed E-state index contributed by atoms with van der Waals surface area (Å²) in [5.41, 5.74) is 3.68. The molecular formula is C12H13O. The molecule has 0 spiro atoms. The summed E-state index contributed by atoms with van der Waals surface area (Å²) in [5.74, 6) is 0. The van der Waals surface area contributed by atoms with Gasteiger partial charge in [0.1, 0.15) is 0 Å². The van der Waals surface area contributed by atoms with Crippen LogP contribution in [0.5, 0.6) is 0 Å². The fourth-order valence-corrected chi connectivity index (χ4v) is 1.32. The number of hydrogen-bond acceptors (Lipinski definition) is 1. The summed E-state index contributed by atoms with van der Waals surface area (Å²) in [4.78, 5) is 9.99. The molecule has 0 aliphatic carbocycles. The number of hydrogen-bond donors (Lipinski definition) is 0. The van der Waals surface area contributed by atoms with E-state index in [1.165, 1.54) is 16.7 Å². The first kappa shape index (κ1) is 9.72. The van der Waals surface area contributed by atoms with Crippen molar-refractivity contribution >= 4 is 12.4 Å². The summed E-state index contributed by atoms with van der Waals surface area (Å²) in [6, 6.07) is 6.17. The second kappa shape index (κ2) is 4.61. The van der Waals surface area contributed by atoms with Crippen molar-refractivity contribution in [3.8, 4) is 0 Å². The van der Waals surface area contributed by atoms with Crippen molar-refractivity contribution < 1.29 is 4.79 Å². The van der Waals surface area contributed by atoms with E-state index >= 15 is 0 Å². The number of rotatable bonds is 3. The van der Waals surface area contributed by atoms with E-state index in [-0.39, 0.29) is 0 Å². The van der Waals surface area contributed by atoms with Gasteiger partial charge in [-0.25, -0.2) is 0 Å². The molecule has 67 valence electrons. The third-order valence-corrected chi connectivity index (χ3v) is 2.03. The van der Waals surface area contributed by atoms with Crippen molar-refractivity contribution in [2.45, 2.75) is 20.3 Å². The quantitative estimate of drug-likeness (QED) is 0.687. The monoisotopic (exact) mass is 173 g/mol. The largest absolute Gasteiger partial charge is 0.291 e. The van der Waals surface area contributed by atoms with Crippen LogP contribution in [0, 0.1) is 13.8 Å². The molecule has 1 radical (unpaired) electrons. The van der Waals surface area contributed by atoms with E-state index < -0.39 is 0 Å². The highest BCUT2D eigenvalue weighted by Crippen LogP contribution is 2.14. The molecule has 0 fully saturated rings. The van der Waals surface area contributed by atoms with Crippen LogP contribution >= 0.6 is 0 Å². The van der Waals surface area contributed by atoms with Crippen LogP contribution < -0.4 is 0 Å². The lowest BCUT2D eigenvalue weighted by molar-refractivity contribution is 0.556. The lowest BCUT2D eigenvalue weighted by Gasteiger charge is -2.03. The van der Waals surface area contributed by atoms with Gasteiger partial charge in [0.05, 0.1) is 0 Å². The maximum absolute atomic E-state index is 9.99. The lowest BCUT2D eigenvalue weighted by Crippen LogP contribution is -1.84. The van der Waals surface area contributed by atoms with Crippen LogP contribution in [0.2, 0.25) is 0 Å². The topological polar surface area (TPSA) is 17.1 Å². The molecule has 0 saturated carbocycles. The molecule has 0 bridgehead atoms. The molecule has 0 heterocycles. The van der Waals surface area contributed by atoms with Crippen molar-refractivity contribution in [1.29, 1.82) is 0 Å². The maximum atomic E-state index is 9.99. The Labute approximate surface area is 79.1 Å². The van der Waals surface area contributed by atoms with E-state index in [1.54, 1.807) is 0 Å². The van der Waals surface area contributed by atoms with E-state index in [1.807, 2.05) is 24.5 Å². The molecule has 1 heteroatoms. The third kappa shape index (κ3) is 2.55. The van der Waals surface area contributed by atoms with Gasteiger partial charge in [-0.15, -0.1) is 0 Å². The zero-order chi connectivity index (χ0) is 9.68. The van der Waals surface area contributed by atoms with E-state index in [4.69, 9.17) is 0 Å². The average molecular weight is 173 g/mol. The molecule has 13 heavy (non-hydrogen) atoms.